The van der Waals surface area contributed by atoms with Gasteiger partial charge in [-0.3, -0.25) is 4.79 Å². The van der Waals surface area contributed by atoms with Gasteiger partial charge in [-0.25, -0.2) is 4.79 Å². The van der Waals surface area contributed by atoms with Crippen LogP contribution >= 0.6 is 0 Å². The molecule has 0 spiro atoms. The molecule has 1 amide bonds. The van der Waals surface area contributed by atoms with E-state index in [1.807, 2.05) is 0 Å². The molecule has 1 atom stereocenters. The van der Waals surface area contributed by atoms with E-state index in [1.165, 1.54) is 24.3 Å². The van der Waals surface area contributed by atoms with Crippen LogP contribution in [0.3, 0.4) is 0 Å². The van der Waals surface area contributed by atoms with Crippen molar-refractivity contribution in [1.29, 1.82) is 0 Å². The lowest BCUT2D eigenvalue weighted by Crippen LogP contribution is -2.47. The highest BCUT2D eigenvalue weighted by Gasteiger charge is 2.25. The van der Waals surface area contributed by atoms with Crippen molar-refractivity contribution < 1.29 is 24.2 Å². The van der Waals surface area contributed by atoms with E-state index in [-0.39, 0.29) is 17.6 Å². The van der Waals surface area contributed by atoms with Gasteiger partial charge in [-0.05, 0) is 24.3 Å². The largest absolute Gasteiger partial charge is 0.478 e. The van der Waals surface area contributed by atoms with Gasteiger partial charge < -0.3 is 19.5 Å². The zero-order chi connectivity index (χ0) is 14.5. The number of carbonyl (C=O) groups excluding carboxylic acids is 1. The number of hydrogen-bond donors (Lipinski definition) is 1. The highest BCUT2D eigenvalue weighted by Crippen LogP contribution is 2.12. The molecule has 0 aliphatic carbocycles. The molecule has 0 radical (unpaired) electrons. The van der Waals surface area contributed by atoms with Crippen molar-refractivity contribution in [2.45, 2.75) is 6.10 Å². The van der Waals surface area contributed by atoms with Gasteiger partial charge in [0.1, 0.15) is 0 Å². The second kappa shape index (κ2) is 6.49. The number of amides is 1. The molecule has 0 unspecified atom stereocenters. The van der Waals surface area contributed by atoms with E-state index in [1.54, 1.807) is 12.0 Å². The smallest absolute Gasteiger partial charge is 0.335 e. The predicted octanol–water partition coefficient (Wildman–Crippen LogP) is 0.872. The van der Waals surface area contributed by atoms with Crippen molar-refractivity contribution in [2.75, 3.05) is 33.4 Å². The van der Waals surface area contributed by atoms with Gasteiger partial charge in [0.25, 0.3) is 5.91 Å². The molecule has 1 aromatic rings. The van der Waals surface area contributed by atoms with E-state index >= 15 is 0 Å². The predicted molar refractivity (Wildman–Crippen MR) is 70.9 cm³/mol. The Bertz CT molecular complexity index is 483. The molecule has 6 nitrogen and oxygen atoms in total. The van der Waals surface area contributed by atoms with Crippen LogP contribution in [-0.4, -0.2) is 61.4 Å². The fraction of sp³-hybridized carbons (Fsp3) is 0.429. The highest BCUT2D eigenvalue weighted by atomic mass is 16.5. The molecule has 0 bridgehead atoms. The minimum absolute atomic E-state index is 0.115. The quantitative estimate of drug-likeness (QED) is 0.885. The van der Waals surface area contributed by atoms with E-state index in [9.17, 15) is 9.59 Å². The second-order valence-electron chi connectivity index (χ2n) is 4.58. The lowest BCUT2D eigenvalue weighted by atomic mass is 10.1. The molecular formula is C14H17NO5. The van der Waals surface area contributed by atoms with Crippen LogP contribution in [0.25, 0.3) is 0 Å². The number of morpholine rings is 1. The topological polar surface area (TPSA) is 76.1 Å². The first kappa shape index (κ1) is 14.5. The highest BCUT2D eigenvalue weighted by molar-refractivity contribution is 5.96. The number of carbonyl (C=O) groups is 2. The molecule has 2 rings (SSSR count). The van der Waals surface area contributed by atoms with Gasteiger partial charge in [0.2, 0.25) is 0 Å². The summed E-state index contributed by atoms with van der Waals surface area (Å²) in [5, 5.41) is 8.83. The van der Waals surface area contributed by atoms with Crippen LogP contribution < -0.4 is 0 Å². The number of rotatable bonds is 4. The summed E-state index contributed by atoms with van der Waals surface area (Å²) in [6.45, 7) is 1.93. The van der Waals surface area contributed by atoms with E-state index in [0.29, 0.717) is 31.9 Å². The minimum Gasteiger partial charge on any atom is -0.478 e. The summed E-state index contributed by atoms with van der Waals surface area (Å²) in [4.78, 5) is 24.8. The van der Waals surface area contributed by atoms with Crippen LogP contribution in [-0.2, 0) is 9.47 Å². The Balaban J connectivity index is 2.04. The number of ether oxygens (including phenoxy) is 2. The van der Waals surface area contributed by atoms with Gasteiger partial charge in [0.15, 0.2) is 0 Å². The maximum Gasteiger partial charge on any atom is 0.335 e. The molecule has 0 saturated carbocycles. The first-order valence-electron chi connectivity index (χ1n) is 6.35. The molecule has 1 N–H and O–H groups in total. The number of methoxy groups -OCH3 is 1. The molecular weight excluding hydrogens is 262 g/mol. The number of hydrogen-bond acceptors (Lipinski definition) is 4. The number of nitrogens with zero attached hydrogens (tertiary/aromatic N) is 1. The van der Waals surface area contributed by atoms with Gasteiger partial charge in [-0.2, -0.15) is 0 Å². The van der Waals surface area contributed by atoms with Crippen molar-refractivity contribution in [3.8, 4) is 0 Å². The SMILES string of the molecule is COC[C@@H]1CN(C(=O)c2ccc(C(=O)O)cc2)CCO1. The molecule has 1 aliphatic heterocycles. The molecule has 1 aliphatic rings. The van der Waals surface area contributed by atoms with E-state index in [2.05, 4.69) is 0 Å². The summed E-state index contributed by atoms with van der Waals surface area (Å²) < 4.78 is 10.5. The van der Waals surface area contributed by atoms with Crippen molar-refractivity contribution >= 4 is 11.9 Å². The van der Waals surface area contributed by atoms with Gasteiger partial charge in [-0.15, -0.1) is 0 Å². The lowest BCUT2D eigenvalue weighted by molar-refractivity contribution is -0.0531. The Morgan fingerprint density at radius 1 is 1.35 bits per heavy atom. The maximum absolute atomic E-state index is 12.3. The van der Waals surface area contributed by atoms with Crippen LogP contribution in [0.2, 0.25) is 0 Å². The molecule has 1 heterocycles. The van der Waals surface area contributed by atoms with E-state index in [0.717, 1.165) is 0 Å². The van der Waals surface area contributed by atoms with Crippen molar-refractivity contribution in [3.63, 3.8) is 0 Å². The van der Waals surface area contributed by atoms with Crippen LogP contribution in [0.4, 0.5) is 0 Å². The maximum atomic E-state index is 12.3. The van der Waals surface area contributed by atoms with Crippen LogP contribution in [0.5, 0.6) is 0 Å². The number of aromatic carboxylic acids is 1. The summed E-state index contributed by atoms with van der Waals surface area (Å²) in [6.07, 6.45) is -0.115. The molecule has 108 valence electrons. The standard InChI is InChI=1S/C14H17NO5/c1-19-9-12-8-15(6-7-20-12)13(16)10-2-4-11(5-3-10)14(17)18/h2-5,12H,6-9H2,1H3,(H,17,18)/t12-/m0/s1. The first-order valence-corrected chi connectivity index (χ1v) is 6.35. The summed E-state index contributed by atoms with van der Waals surface area (Å²) in [5.74, 6) is -1.12. The van der Waals surface area contributed by atoms with Gasteiger partial charge >= 0.3 is 5.97 Å². The van der Waals surface area contributed by atoms with Crippen molar-refractivity contribution in [2.24, 2.45) is 0 Å². The average Bonchev–Trinajstić information content (AvgIpc) is 2.47. The number of benzene rings is 1. The van der Waals surface area contributed by atoms with Crippen LogP contribution in [0.15, 0.2) is 24.3 Å². The zero-order valence-corrected chi connectivity index (χ0v) is 11.2. The van der Waals surface area contributed by atoms with E-state index < -0.39 is 5.97 Å². The third-order valence-corrected chi connectivity index (χ3v) is 3.16. The second-order valence-corrected chi connectivity index (χ2v) is 4.58. The zero-order valence-electron chi connectivity index (χ0n) is 11.2. The molecule has 1 fully saturated rings. The van der Waals surface area contributed by atoms with Gasteiger partial charge in [0, 0.05) is 25.8 Å². The first-order chi connectivity index (χ1) is 9.61. The fourth-order valence-electron chi connectivity index (χ4n) is 2.13. The Kier molecular flexibility index (Phi) is 4.70. The summed E-state index contributed by atoms with van der Waals surface area (Å²) in [7, 11) is 1.59. The average molecular weight is 279 g/mol. The van der Waals surface area contributed by atoms with E-state index in [4.69, 9.17) is 14.6 Å². The molecule has 1 saturated heterocycles. The molecule has 20 heavy (non-hydrogen) atoms. The number of carboxylic acid groups (broad SMARTS) is 1. The fourth-order valence-corrected chi connectivity index (χ4v) is 2.13. The minimum atomic E-state index is -1.00. The molecule has 1 aromatic carbocycles. The van der Waals surface area contributed by atoms with Crippen molar-refractivity contribution in [3.05, 3.63) is 35.4 Å². The van der Waals surface area contributed by atoms with Gasteiger partial charge in [0.05, 0.1) is 24.9 Å². The molecule has 6 heteroatoms. The Morgan fingerprint density at radius 2 is 2.00 bits per heavy atom. The summed E-state index contributed by atoms with van der Waals surface area (Å²) in [6, 6.07) is 5.93. The molecule has 0 aromatic heterocycles. The van der Waals surface area contributed by atoms with Gasteiger partial charge in [-0.1, -0.05) is 0 Å². The number of carboxylic acids is 1. The van der Waals surface area contributed by atoms with Crippen LogP contribution in [0.1, 0.15) is 20.7 Å². The third kappa shape index (κ3) is 3.34. The lowest BCUT2D eigenvalue weighted by Gasteiger charge is -2.32. The van der Waals surface area contributed by atoms with Crippen LogP contribution in [0, 0.1) is 0 Å². The Labute approximate surface area is 116 Å². The normalized spacial score (nSPS) is 18.9. The Hall–Kier alpha value is -1.92. The Morgan fingerprint density at radius 3 is 2.60 bits per heavy atom. The third-order valence-electron chi connectivity index (χ3n) is 3.16. The summed E-state index contributed by atoms with van der Waals surface area (Å²) in [5.41, 5.74) is 0.647. The monoisotopic (exact) mass is 279 g/mol. The summed E-state index contributed by atoms with van der Waals surface area (Å²) >= 11 is 0. The van der Waals surface area contributed by atoms with Crippen molar-refractivity contribution in [1.82, 2.24) is 4.90 Å².